The fraction of sp³-hybridized carbons (Fsp3) is 0. The molecule has 0 aromatic rings. The van der Waals surface area contributed by atoms with E-state index < -0.39 is 0 Å². The number of rotatable bonds is 0. The molecule has 0 atom stereocenters. The second-order valence-corrected chi connectivity index (χ2v) is 2.15. The minimum Gasteiger partial charge on any atom is -0.196 e. The van der Waals surface area contributed by atoms with Gasteiger partial charge < -0.3 is 0 Å². The fourth-order valence-corrected chi connectivity index (χ4v) is 0.872. The lowest BCUT2D eigenvalue weighted by molar-refractivity contribution is 1.71. The third-order valence-corrected chi connectivity index (χ3v) is 1.24. The van der Waals surface area contributed by atoms with E-state index in [4.69, 9.17) is 0 Å². The SMILES string of the molecule is C1=NP=NC=NP=N1. The molecule has 4 nitrogen and oxygen atoms in total. The van der Waals surface area contributed by atoms with Crippen molar-refractivity contribution in [2.75, 3.05) is 0 Å². The van der Waals surface area contributed by atoms with Gasteiger partial charge in [0.2, 0.25) is 0 Å². The topological polar surface area (TPSA) is 49.4 Å². The first-order valence-electron chi connectivity index (χ1n) is 1.83. The summed E-state index contributed by atoms with van der Waals surface area (Å²) in [5.41, 5.74) is 0. The summed E-state index contributed by atoms with van der Waals surface area (Å²) in [5, 5.41) is 0. The van der Waals surface area contributed by atoms with Crippen LogP contribution in [0.3, 0.4) is 0 Å². The first-order valence-corrected chi connectivity index (χ1v) is 3.43. The molecule has 0 unspecified atom stereocenters. The van der Waals surface area contributed by atoms with E-state index in [1.54, 1.807) is 0 Å². The lowest BCUT2D eigenvalue weighted by Crippen LogP contribution is -1.56. The Balaban J connectivity index is 2.67. The molecule has 1 aliphatic rings. The van der Waals surface area contributed by atoms with Crippen molar-refractivity contribution in [3.05, 3.63) is 0 Å². The van der Waals surface area contributed by atoms with Crippen LogP contribution in [-0.2, 0) is 0 Å². The van der Waals surface area contributed by atoms with Crippen molar-refractivity contribution >= 4 is 29.7 Å². The van der Waals surface area contributed by atoms with E-state index in [1.165, 1.54) is 12.7 Å². The van der Waals surface area contributed by atoms with Crippen LogP contribution in [0.5, 0.6) is 0 Å². The number of nitrogens with zero attached hydrogens (tertiary/aromatic N) is 4. The maximum Gasteiger partial charge on any atom is 0.157 e. The highest BCUT2D eigenvalue weighted by Crippen LogP contribution is 2.05. The predicted molar refractivity (Wildman–Crippen MR) is 35.7 cm³/mol. The Hall–Kier alpha value is -0.460. The molecule has 0 radical (unpaired) electrons. The third-order valence-electron chi connectivity index (χ3n) is 0.413. The average molecular weight is 144 g/mol. The molecule has 1 rings (SSSR count). The zero-order chi connectivity index (χ0) is 5.66. The van der Waals surface area contributed by atoms with Crippen LogP contribution in [0, 0.1) is 0 Å². The zero-order valence-electron chi connectivity index (χ0n) is 3.84. The Bertz CT molecular complexity index is 113. The zero-order valence-corrected chi connectivity index (χ0v) is 5.63. The van der Waals surface area contributed by atoms with Gasteiger partial charge in [-0.15, -0.1) is 0 Å². The standard InChI is InChI=1S/C2H2N4P2/c1-3-7-5-2-6-8-4-1/h1-2H. The largest absolute Gasteiger partial charge is 0.196 e. The Morgan fingerprint density at radius 1 is 0.875 bits per heavy atom. The van der Waals surface area contributed by atoms with Gasteiger partial charge in [0.1, 0.15) is 12.7 Å². The Morgan fingerprint density at radius 2 is 1.38 bits per heavy atom. The smallest absolute Gasteiger partial charge is 0.157 e. The van der Waals surface area contributed by atoms with Crippen molar-refractivity contribution in [1.82, 2.24) is 0 Å². The highest BCUT2D eigenvalue weighted by Gasteiger charge is 1.69. The van der Waals surface area contributed by atoms with E-state index >= 15 is 0 Å². The molecule has 0 aromatic carbocycles. The minimum absolute atomic E-state index is 0.657. The molecule has 0 aliphatic carbocycles. The van der Waals surface area contributed by atoms with Crippen LogP contribution >= 0.6 is 17.0 Å². The molecule has 40 valence electrons. The van der Waals surface area contributed by atoms with Crippen LogP contribution in [0.1, 0.15) is 0 Å². The molecule has 0 spiro atoms. The fourth-order valence-electron chi connectivity index (χ4n) is 0.198. The molecule has 0 amide bonds. The van der Waals surface area contributed by atoms with Gasteiger partial charge in [-0.3, -0.25) is 0 Å². The monoisotopic (exact) mass is 144 g/mol. The van der Waals surface area contributed by atoms with Crippen LogP contribution in [-0.4, -0.2) is 12.7 Å². The maximum atomic E-state index is 3.75. The van der Waals surface area contributed by atoms with E-state index in [9.17, 15) is 0 Å². The second-order valence-electron chi connectivity index (χ2n) is 0.872. The van der Waals surface area contributed by atoms with Gasteiger partial charge in [-0.2, -0.15) is 19.0 Å². The predicted octanol–water partition coefficient (Wildman–Crippen LogP) is 2.15. The first kappa shape index (κ1) is 5.67. The highest BCUT2D eigenvalue weighted by molar-refractivity contribution is 7.28. The lowest BCUT2D eigenvalue weighted by Gasteiger charge is -1.74. The van der Waals surface area contributed by atoms with E-state index in [-0.39, 0.29) is 0 Å². The van der Waals surface area contributed by atoms with Gasteiger partial charge >= 0.3 is 0 Å². The van der Waals surface area contributed by atoms with Crippen molar-refractivity contribution in [3.63, 3.8) is 0 Å². The van der Waals surface area contributed by atoms with Gasteiger partial charge in [-0.1, -0.05) is 0 Å². The van der Waals surface area contributed by atoms with Crippen LogP contribution < -0.4 is 0 Å². The van der Waals surface area contributed by atoms with Gasteiger partial charge in [-0.05, 0) is 0 Å². The molecule has 6 heteroatoms. The molecule has 8 heavy (non-hydrogen) atoms. The molecule has 0 saturated heterocycles. The average Bonchev–Trinajstić information content (AvgIpc) is 1.62. The molecule has 1 aliphatic heterocycles. The van der Waals surface area contributed by atoms with Gasteiger partial charge in [0.15, 0.2) is 17.0 Å². The van der Waals surface area contributed by atoms with E-state index in [0.717, 1.165) is 0 Å². The van der Waals surface area contributed by atoms with Crippen LogP contribution in [0.25, 0.3) is 0 Å². The summed E-state index contributed by atoms with van der Waals surface area (Å²) in [6.07, 6.45) is 2.92. The Kier molecular flexibility index (Phi) is 2.50. The molecule has 0 fully saturated rings. The molecule has 1 heterocycles. The molecule has 0 saturated carbocycles. The quantitative estimate of drug-likeness (QED) is 0.467. The van der Waals surface area contributed by atoms with Crippen LogP contribution in [0.2, 0.25) is 0 Å². The number of hydrogen-bond acceptors (Lipinski definition) is 4. The summed E-state index contributed by atoms with van der Waals surface area (Å²) in [4.78, 5) is 0. The van der Waals surface area contributed by atoms with Crippen molar-refractivity contribution in [1.29, 1.82) is 0 Å². The van der Waals surface area contributed by atoms with Gasteiger partial charge in [0, 0.05) is 0 Å². The van der Waals surface area contributed by atoms with E-state index in [1.807, 2.05) is 0 Å². The van der Waals surface area contributed by atoms with Gasteiger partial charge in [-0.25, -0.2) is 0 Å². The molecule has 0 bridgehead atoms. The summed E-state index contributed by atoms with van der Waals surface area (Å²) in [7, 11) is 1.31. The molecule has 0 aromatic heterocycles. The van der Waals surface area contributed by atoms with Crippen molar-refractivity contribution in [2.24, 2.45) is 19.0 Å². The molecular formula is C2H2N4P2. The molecule has 0 N–H and O–H groups in total. The highest BCUT2D eigenvalue weighted by atomic mass is 31.1. The Labute approximate surface area is 49.6 Å². The summed E-state index contributed by atoms with van der Waals surface area (Å²) in [6.45, 7) is 0. The van der Waals surface area contributed by atoms with Crippen molar-refractivity contribution in [3.8, 4) is 0 Å². The third kappa shape index (κ3) is 2.01. The lowest BCUT2D eigenvalue weighted by atomic mass is 11.4. The summed E-state index contributed by atoms with van der Waals surface area (Å²) in [6, 6.07) is 0. The first-order chi connectivity index (χ1) is 4.00. The van der Waals surface area contributed by atoms with Crippen LogP contribution in [0.15, 0.2) is 19.0 Å². The Morgan fingerprint density at radius 3 is 1.88 bits per heavy atom. The summed E-state index contributed by atoms with van der Waals surface area (Å²) < 4.78 is 15.0. The van der Waals surface area contributed by atoms with E-state index in [0.29, 0.717) is 17.0 Å². The second kappa shape index (κ2) is 3.53. The molecular weight excluding hydrogens is 142 g/mol. The normalized spacial score (nSPS) is 20.0. The minimum atomic E-state index is 0.657. The van der Waals surface area contributed by atoms with Crippen molar-refractivity contribution < 1.29 is 0 Å². The summed E-state index contributed by atoms with van der Waals surface area (Å²) in [5.74, 6) is 0. The van der Waals surface area contributed by atoms with Crippen LogP contribution in [0.4, 0.5) is 0 Å². The van der Waals surface area contributed by atoms with E-state index in [2.05, 4.69) is 19.0 Å². The summed E-state index contributed by atoms with van der Waals surface area (Å²) >= 11 is 0. The van der Waals surface area contributed by atoms with Gasteiger partial charge in [0.25, 0.3) is 0 Å². The maximum absolute atomic E-state index is 3.75. The van der Waals surface area contributed by atoms with Crippen molar-refractivity contribution in [2.45, 2.75) is 0 Å². The number of hydrogen-bond donors (Lipinski definition) is 0. The van der Waals surface area contributed by atoms with Gasteiger partial charge in [0.05, 0.1) is 0 Å².